The number of Topliss-reactive ketones (excluding diaryl/α,β-unsaturated/α-hetero) is 1. The molecule has 11 heteroatoms. The SMILES string of the molecule is NC(N)=NCCCC(NC(=O)C1CSCC2CCC(Cc3ccccc3)C(=O)N21)C(=O)c1nccs1. The van der Waals surface area contributed by atoms with Gasteiger partial charge in [0.05, 0.1) is 6.04 Å². The van der Waals surface area contributed by atoms with Gasteiger partial charge >= 0.3 is 0 Å². The van der Waals surface area contributed by atoms with Gasteiger partial charge in [0.1, 0.15) is 6.04 Å². The number of carbonyl (C=O) groups excluding carboxylic acids is 3. The number of piperidine rings is 1. The first-order chi connectivity index (χ1) is 17.4. The number of thioether (sulfide) groups is 1. The molecule has 0 radical (unpaired) electrons. The Morgan fingerprint density at radius 3 is 2.72 bits per heavy atom. The van der Waals surface area contributed by atoms with Crippen LogP contribution in [0.4, 0.5) is 0 Å². The summed E-state index contributed by atoms with van der Waals surface area (Å²) in [7, 11) is 0. The summed E-state index contributed by atoms with van der Waals surface area (Å²) in [6.07, 6.45) is 4.82. The van der Waals surface area contributed by atoms with Gasteiger partial charge in [-0.2, -0.15) is 11.8 Å². The molecule has 0 saturated carbocycles. The van der Waals surface area contributed by atoms with E-state index in [0.717, 1.165) is 24.2 Å². The maximum Gasteiger partial charge on any atom is 0.244 e. The van der Waals surface area contributed by atoms with Gasteiger partial charge in [-0.25, -0.2) is 4.98 Å². The van der Waals surface area contributed by atoms with Crippen LogP contribution >= 0.6 is 23.1 Å². The second kappa shape index (κ2) is 12.4. The van der Waals surface area contributed by atoms with Crippen molar-refractivity contribution in [2.24, 2.45) is 22.4 Å². The van der Waals surface area contributed by atoms with Crippen LogP contribution in [0.5, 0.6) is 0 Å². The molecule has 4 rings (SSSR count). The van der Waals surface area contributed by atoms with E-state index in [9.17, 15) is 14.4 Å². The average Bonchev–Trinajstić information content (AvgIpc) is 3.42. The van der Waals surface area contributed by atoms with Gasteiger partial charge in [0.15, 0.2) is 11.0 Å². The topological polar surface area (TPSA) is 144 Å². The van der Waals surface area contributed by atoms with Crippen LogP contribution in [0.25, 0.3) is 0 Å². The fourth-order valence-electron chi connectivity index (χ4n) is 4.84. The van der Waals surface area contributed by atoms with E-state index in [2.05, 4.69) is 15.3 Å². The van der Waals surface area contributed by atoms with Crippen molar-refractivity contribution in [2.45, 2.75) is 50.2 Å². The van der Waals surface area contributed by atoms with Gasteiger partial charge in [-0.15, -0.1) is 11.3 Å². The third-order valence-electron chi connectivity index (χ3n) is 6.62. The van der Waals surface area contributed by atoms with Crippen molar-refractivity contribution in [3.63, 3.8) is 0 Å². The summed E-state index contributed by atoms with van der Waals surface area (Å²) in [6.45, 7) is 0.354. The first-order valence-electron chi connectivity index (χ1n) is 12.2. The second-order valence-electron chi connectivity index (χ2n) is 9.13. The van der Waals surface area contributed by atoms with Crippen molar-refractivity contribution in [3.05, 3.63) is 52.5 Å². The monoisotopic (exact) mass is 528 g/mol. The minimum atomic E-state index is -0.761. The minimum absolute atomic E-state index is 0.0132. The third-order valence-corrected chi connectivity index (χ3v) is 8.58. The van der Waals surface area contributed by atoms with E-state index < -0.39 is 12.1 Å². The van der Waals surface area contributed by atoms with Crippen molar-refractivity contribution in [1.82, 2.24) is 15.2 Å². The van der Waals surface area contributed by atoms with Gasteiger partial charge < -0.3 is 21.7 Å². The molecule has 1 aromatic carbocycles. The number of rotatable bonds is 10. The number of hydrogen-bond donors (Lipinski definition) is 3. The maximum absolute atomic E-state index is 13.6. The number of nitrogens with one attached hydrogen (secondary N) is 1. The van der Waals surface area contributed by atoms with Gasteiger partial charge in [0, 0.05) is 41.6 Å². The number of ketones is 1. The fourth-order valence-corrected chi connectivity index (χ4v) is 6.74. The number of guanidine groups is 1. The van der Waals surface area contributed by atoms with E-state index >= 15 is 0 Å². The third kappa shape index (κ3) is 6.44. The highest BCUT2D eigenvalue weighted by Gasteiger charge is 2.44. The highest BCUT2D eigenvalue weighted by Crippen LogP contribution is 2.34. The van der Waals surface area contributed by atoms with Crippen molar-refractivity contribution in [1.29, 1.82) is 0 Å². The van der Waals surface area contributed by atoms with Crippen LogP contribution in [0, 0.1) is 5.92 Å². The molecular formula is C25H32N6O3S2. The lowest BCUT2D eigenvalue weighted by Gasteiger charge is -2.46. The Balaban J connectivity index is 1.47. The summed E-state index contributed by atoms with van der Waals surface area (Å²) in [5.41, 5.74) is 11.9. The van der Waals surface area contributed by atoms with Crippen LogP contribution in [-0.2, 0) is 16.0 Å². The number of aromatic nitrogens is 1. The van der Waals surface area contributed by atoms with Crippen molar-refractivity contribution < 1.29 is 14.4 Å². The lowest BCUT2D eigenvalue weighted by molar-refractivity contribution is -0.149. The van der Waals surface area contributed by atoms with Crippen LogP contribution in [0.15, 0.2) is 46.9 Å². The summed E-state index contributed by atoms with van der Waals surface area (Å²) < 4.78 is 0. The van der Waals surface area contributed by atoms with E-state index in [1.807, 2.05) is 30.3 Å². The average molecular weight is 529 g/mol. The predicted molar refractivity (Wildman–Crippen MR) is 143 cm³/mol. The zero-order valence-corrected chi connectivity index (χ0v) is 21.7. The Morgan fingerprint density at radius 2 is 2.00 bits per heavy atom. The zero-order valence-electron chi connectivity index (χ0n) is 20.0. The van der Waals surface area contributed by atoms with Gasteiger partial charge in [0.25, 0.3) is 0 Å². The summed E-state index contributed by atoms with van der Waals surface area (Å²) in [6, 6.07) is 8.66. The Hall–Kier alpha value is -2.92. The highest BCUT2D eigenvalue weighted by molar-refractivity contribution is 7.99. The molecule has 2 aromatic rings. The molecule has 4 atom stereocenters. The normalized spacial score (nSPS) is 22.4. The number of hydrogen-bond acceptors (Lipinski definition) is 7. The quantitative estimate of drug-likeness (QED) is 0.185. The molecule has 3 heterocycles. The molecule has 36 heavy (non-hydrogen) atoms. The van der Waals surface area contributed by atoms with Crippen LogP contribution in [-0.4, -0.2) is 69.6 Å². The lowest BCUT2D eigenvalue weighted by Crippen LogP contribution is -2.63. The van der Waals surface area contributed by atoms with Crippen LogP contribution < -0.4 is 16.8 Å². The maximum atomic E-state index is 13.6. The summed E-state index contributed by atoms with van der Waals surface area (Å²) in [4.78, 5) is 50.1. The van der Waals surface area contributed by atoms with Crippen LogP contribution in [0.3, 0.4) is 0 Å². The van der Waals surface area contributed by atoms with E-state index in [0.29, 0.717) is 36.6 Å². The Labute approximate surface area is 219 Å². The predicted octanol–water partition coefficient (Wildman–Crippen LogP) is 1.83. The second-order valence-corrected chi connectivity index (χ2v) is 11.1. The number of carbonyl (C=O) groups is 3. The standard InChI is InChI=1S/C25H32N6O3S2/c26-25(27)29-10-4-7-19(21(32)23-28-11-12-36-23)30-22(33)20-15-35-14-18-9-8-17(24(34)31(18)20)13-16-5-2-1-3-6-16/h1-3,5-6,11-12,17-20H,4,7-10,13-15H2,(H,30,33)(H4,26,27,29). The highest BCUT2D eigenvalue weighted by atomic mass is 32.2. The van der Waals surface area contributed by atoms with Gasteiger partial charge in [-0.1, -0.05) is 30.3 Å². The number of aliphatic imine (C=N–C) groups is 1. The molecule has 2 aliphatic heterocycles. The molecule has 2 fully saturated rings. The van der Waals surface area contributed by atoms with E-state index in [4.69, 9.17) is 11.5 Å². The van der Waals surface area contributed by atoms with E-state index in [1.54, 1.807) is 28.2 Å². The lowest BCUT2D eigenvalue weighted by atomic mass is 9.86. The first-order valence-corrected chi connectivity index (χ1v) is 14.2. The molecule has 0 bridgehead atoms. The molecule has 2 aliphatic rings. The molecular weight excluding hydrogens is 496 g/mol. The molecule has 0 aliphatic carbocycles. The fraction of sp³-hybridized carbons (Fsp3) is 0.480. The summed E-state index contributed by atoms with van der Waals surface area (Å²) in [5, 5.41) is 5.01. The molecule has 9 nitrogen and oxygen atoms in total. The number of nitrogens with two attached hydrogens (primary N) is 2. The molecule has 0 spiro atoms. The molecule has 1 aromatic heterocycles. The number of fused-ring (bicyclic) bond motifs is 1. The molecule has 192 valence electrons. The smallest absolute Gasteiger partial charge is 0.244 e. The first kappa shape index (κ1) is 26.2. The van der Waals surface area contributed by atoms with Crippen molar-refractivity contribution >= 4 is 46.7 Å². The Kier molecular flexibility index (Phi) is 8.98. The van der Waals surface area contributed by atoms with Crippen LogP contribution in [0.1, 0.15) is 41.0 Å². The zero-order chi connectivity index (χ0) is 25.5. The number of benzene rings is 1. The summed E-state index contributed by atoms with van der Waals surface area (Å²) >= 11 is 2.92. The van der Waals surface area contributed by atoms with Gasteiger partial charge in [-0.3, -0.25) is 19.4 Å². The molecule has 2 amide bonds. The number of amides is 2. The van der Waals surface area contributed by atoms with Crippen molar-refractivity contribution in [3.8, 4) is 0 Å². The Bertz CT molecular complexity index is 1070. The van der Waals surface area contributed by atoms with Crippen LogP contribution in [0.2, 0.25) is 0 Å². The number of nitrogens with zero attached hydrogens (tertiary/aromatic N) is 3. The molecule has 2 saturated heterocycles. The summed E-state index contributed by atoms with van der Waals surface area (Å²) in [5.74, 6) is 0.681. The van der Waals surface area contributed by atoms with Gasteiger partial charge in [0.2, 0.25) is 17.6 Å². The van der Waals surface area contributed by atoms with Gasteiger partial charge in [-0.05, 0) is 37.7 Å². The Morgan fingerprint density at radius 1 is 1.19 bits per heavy atom. The van der Waals surface area contributed by atoms with E-state index in [1.165, 1.54) is 11.3 Å². The van der Waals surface area contributed by atoms with Crippen molar-refractivity contribution in [2.75, 3.05) is 18.1 Å². The van der Waals surface area contributed by atoms with E-state index in [-0.39, 0.29) is 35.5 Å². The largest absolute Gasteiger partial charge is 0.370 e. The molecule has 5 N–H and O–H groups in total. The number of thiazole rings is 1. The minimum Gasteiger partial charge on any atom is -0.370 e. The molecule has 4 unspecified atom stereocenters.